The highest BCUT2D eigenvalue weighted by molar-refractivity contribution is 8.14. The van der Waals surface area contributed by atoms with Gasteiger partial charge in [0.1, 0.15) is 0 Å². The zero-order valence-electron chi connectivity index (χ0n) is 16.9. The molecule has 3 aliphatic heterocycles. The van der Waals surface area contributed by atoms with Crippen molar-refractivity contribution >= 4 is 46.2 Å². The van der Waals surface area contributed by atoms with E-state index in [1.54, 1.807) is 0 Å². The molecule has 2 aromatic rings. The number of hydrogen-bond acceptors (Lipinski definition) is 5. The Morgan fingerprint density at radius 3 is 2.71 bits per heavy atom. The Bertz CT molecular complexity index is 1130. The quantitative estimate of drug-likeness (QED) is 0.706. The molecule has 3 amide bonds. The van der Waals surface area contributed by atoms with Gasteiger partial charge < -0.3 is 10.3 Å². The highest BCUT2D eigenvalue weighted by Crippen LogP contribution is 2.45. The summed E-state index contributed by atoms with van der Waals surface area (Å²) in [6, 6.07) is 7.68. The number of amides is 3. The Morgan fingerprint density at radius 1 is 1.10 bits per heavy atom. The molecule has 7 nitrogen and oxygen atoms in total. The topological polar surface area (TPSA) is 85.5 Å². The van der Waals surface area contributed by atoms with Crippen LogP contribution in [0, 0.1) is 11.8 Å². The Labute approximate surface area is 183 Å². The standard InChI is InChI=1S/C23H22N4O3S/c28-21-12-31-23(30)27(21)8-13-1-2-20-18(4-13)19(22(29)25-20)5-14-3-17(24-7-14)11-26-9-15-6-16(15)10-26/h1-5,7,15-16,24H,6,8-12H2,(H,25,29)/t15-,16+. The van der Waals surface area contributed by atoms with Crippen LogP contribution in [0.2, 0.25) is 0 Å². The molecule has 3 fully saturated rings. The molecule has 0 unspecified atom stereocenters. The molecule has 158 valence electrons. The van der Waals surface area contributed by atoms with Gasteiger partial charge in [-0.3, -0.25) is 24.2 Å². The Kier molecular flexibility index (Phi) is 4.33. The molecule has 4 aliphatic rings. The van der Waals surface area contributed by atoms with Crippen molar-refractivity contribution in [1.82, 2.24) is 14.8 Å². The van der Waals surface area contributed by atoms with E-state index in [4.69, 9.17) is 0 Å². The monoisotopic (exact) mass is 434 g/mol. The maximum Gasteiger partial charge on any atom is 0.289 e. The number of nitrogens with zero attached hydrogens (tertiary/aromatic N) is 2. The minimum atomic E-state index is -0.217. The molecule has 1 aromatic carbocycles. The van der Waals surface area contributed by atoms with Crippen LogP contribution in [0.5, 0.6) is 0 Å². The largest absolute Gasteiger partial charge is 0.363 e. The Balaban J connectivity index is 1.22. The smallest absolute Gasteiger partial charge is 0.289 e. The molecule has 0 spiro atoms. The number of imide groups is 1. The predicted molar refractivity (Wildman–Crippen MR) is 119 cm³/mol. The molecule has 1 aromatic heterocycles. The lowest BCUT2D eigenvalue weighted by Crippen LogP contribution is -2.27. The number of H-pyrrole nitrogens is 1. The van der Waals surface area contributed by atoms with Crippen molar-refractivity contribution in [1.29, 1.82) is 0 Å². The lowest BCUT2D eigenvalue weighted by atomic mass is 10.0. The normalized spacial score (nSPS) is 26.0. The molecule has 1 saturated carbocycles. The predicted octanol–water partition coefficient (Wildman–Crippen LogP) is 3.15. The molecule has 8 heteroatoms. The third-order valence-electron chi connectivity index (χ3n) is 6.57. The summed E-state index contributed by atoms with van der Waals surface area (Å²) >= 11 is 1.03. The minimum Gasteiger partial charge on any atom is -0.363 e. The van der Waals surface area contributed by atoms with Gasteiger partial charge in [-0.15, -0.1) is 0 Å². The number of carbonyl (C=O) groups is 3. The van der Waals surface area contributed by atoms with Crippen LogP contribution in [0.4, 0.5) is 10.5 Å². The van der Waals surface area contributed by atoms with E-state index >= 15 is 0 Å². The maximum absolute atomic E-state index is 12.6. The van der Waals surface area contributed by atoms with Crippen LogP contribution in [-0.2, 0) is 22.7 Å². The van der Waals surface area contributed by atoms with Gasteiger partial charge in [0.25, 0.3) is 11.1 Å². The number of carbonyl (C=O) groups excluding carboxylic acids is 3. The molecule has 31 heavy (non-hydrogen) atoms. The van der Waals surface area contributed by atoms with Crippen LogP contribution in [0.25, 0.3) is 11.6 Å². The van der Waals surface area contributed by atoms with E-state index < -0.39 is 0 Å². The summed E-state index contributed by atoms with van der Waals surface area (Å²) in [6.45, 7) is 3.53. The average Bonchev–Trinajstić information content (AvgIpc) is 3.10. The van der Waals surface area contributed by atoms with Gasteiger partial charge in [-0.05, 0) is 53.7 Å². The number of piperidine rings is 1. The number of aromatic nitrogens is 1. The van der Waals surface area contributed by atoms with E-state index in [0.717, 1.165) is 58.2 Å². The zero-order valence-corrected chi connectivity index (χ0v) is 17.7. The number of thioether (sulfide) groups is 1. The van der Waals surface area contributed by atoms with Gasteiger partial charge in [-0.1, -0.05) is 17.8 Å². The van der Waals surface area contributed by atoms with Crippen molar-refractivity contribution in [3.05, 3.63) is 52.8 Å². The fraction of sp³-hybridized carbons (Fsp3) is 0.348. The van der Waals surface area contributed by atoms with Gasteiger partial charge in [-0.25, -0.2) is 0 Å². The van der Waals surface area contributed by atoms with E-state index in [2.05, 4.69) is 21.3 Å². The number of anilines is 1. The fourth-order valence-electron chi connectivity index (χ4n) is 4.86. The highest BCUT2D eigenvalue weighted by Gasteiger charge is 2.44. The van der Waals surface area contributed by atoms with Crippen LogP contribution in [0.1, 0.15) is 28.8 Å². The maximum atomic E-state index is 12.6. The lowest BCUT2D eigenvalue weighted by molar-refractivity contribution is -0.125. The lowest BCUT2D eigenvalue weighted by Gasteiger charge is -2.15. The molecule has 2 saturated heterocycles. The van der Waals surface area contributed by atoms with Crippen molar-refractivity contribution < 1.29 is 14.4 Å². The summed E-state index contributed by atoms with van der Waals surface area (Å²) in [4.78, 5) is 43.5. The highest BCUT2D eigenvalue weighted by atomic mass is 32.2. The van der Waals surface area contributed by atoms with E-state index in [0.29, 0.717) is 5.57 Å². The van der Waals surface area contributed by atoms with E-state index in [-0.39, 0.29) is 29.4 Å². The van der Waals surface area contributed by atoms with Gasteiger partial charge in [0, 0.05) is 48.3 Å². The van der Waals surface area contributed by atoms with Crippen molar-refractivity contribution in [3.63, 3.8) is 0 Å². The number of rotatable bonds is 5. The molecular formula is C23H22N4O3S. The number of benzene rings is 1. The summed E-state index contributed by atoms with van der Waals surface area (Å²) < 4.78 is 0. The average molecular weight is 435 g/mol. The third-order valence-corrected chi connectivity index (χ3v) is 7.43. The SMILES string of the molecule is O=C1Nc2ccc(CN3C(=O)CSC3=O)cc2C1=Cc1c[nH]c(CN2C[C@H]3C[C@H]3C2)c1. The summed E-state index contributed by atoms with van der Waals surface area (Å²) in [5.41, 5.74) is 5.09. The fourth-order valence-corrected chi connectivity index (χ4v) is 5.59. The van der Waals surface area contributed by atoms with E-state index in [1.165, 1.54) is 24.4 Å². The van der Waals surface area contributed by atoms with Crippen LogP contribution >= 0.6 is 11.8 Å². The second-order valence-corrected chi connectivity index (χ2v) is 9.76. The first-order chi connectivity index (χ1) is 15.0. The molecule has 2 atom stereocenters. The van der Waals surface area contributed by atoms with Gasteiger partial charge in [0.15, 0.2) is 0 Å². The second kappa shape index (κ2) is 7.10. The summed E-state index contributed by atoms with van der Waals surface area (Å²) in [6.07, 6.45) is 5.23. The second-order valence-electron chi connectivity index (χ2n) is 8.83. The van der Waals surface area contributed by atoms with Gasteiger partial charge in [0.2, 0.25) is 5.91 Å². The first-order valence-corrected chi connectivity index (χ1v) is 11.5. The molecular weight excluding hydrogens is 412 g/mol. The number of aromatic amines is 1. The minimum absolute atomic E-state index is 0.140. The first-order valence-electron chi connectivity index (χ1n) is 10.6. The molecule has 1 aliphatic carbocycles. The molecule has 4 heterocycles. The van der Waals surface area contributed by atoms with Gasteiger partial charge in [-0.2, -0.15) is 0 Å². The van der Waals surface area contributed by atoms with Crippen molar-refractivity contribution in [2.24, 2.45) is 11.8 Å². The Morgan fingerprint density at radius 2 is 1.94 bits per heavy atom. The van der Waals surface area contributed by atoms with Crippen LogP contribution in [0.15, 0.2) is 30.5 Å². The van der Waals surface area contributed by atoms with Crippen molar-refractivity contribution in [2.45, 2.75) is 19.5 Å². The van der Waals surface area contributed by atoms with E-state index in [9.17, 15) is 14.4 Å². The number of nitrogens with one attached hydrogen (secondary N) is 2. The molecule has 6 rings (SSSR count). The van der Waals surface area contributed by atoms with Crippen molar-refractivity contribution in [3.8, 4) is 0 Å². The number of likely N-dealkylation sites (tertiary alicyclic amines) is 1. The molecule has 2 N–H and O–H groups in total. The summed E-state index contributed by atoms with van der Waals surface area (Å²) in [7, 11) is 0. The van der Waals surface area contributed by atoms with E-state index in [1.807, 2.05) is 30.5 Å². The summed E-state index contributed by atoms with van der Waals surface area (Å²) in [5, 5.41) is 2.69. The van der Waals surface area contributed by atoms with Crippen molar-refractivity contribution in [2.75, 3.05) is 24.2 Å². The van der Waals surface area contributed by atoms with Gasteiger partial charge in [0.05, 0.1) is 12.3 Å². The zero-order chi connectivity index (χ0) is 21.1. The van der Waals surface area contributed by atoms with Gasteiger partial charge >= 0.3 is 0 Å². The first kappa shape index (κ1) is 18.9. The number of hydrogen-bond donors (Lipinski definition) is 2. The number of fused-ring (bicyclic) bond motifs is 2. The molecule has 0 bridgehead atoms. The molecule has 0 radical (unpaired) electrons. The van der Waals surface area contributed by atoms with Crippen LogP contribution < -0.4 is 5.32 Å². The Hall–Kier alpha value is -2.84. The van der Waals surface area contributed by atoms with Crippen LogP contribution in [-0.4, -0.2) is 50.7 Å². The summed E-state index contributed by atoms with van der Waals surface area (Å²) in [5.74, 6) is 1.71. The van der Waals surface area contributed by atoms with Crippen LogP contribution in [0.3, 0.4) is 0 Å². The third kappa shape index (κ3) is 3.49.